The molecule has 6 nitrogen and oxygen atoms in total. The molecule has 2 N–H and O–H groups in total. The first-order valence-electron chi connectivity index (χ1n) is 9.58. The van der Waals surface area contributed by atoms with Crippen LogP contribution in [-0.4, -0.2) is 35.8 Å². The second-order valence-electron chi connectivity index (χ2n) is 7.02. The Bertz CT molecular complexity index is 1000. The zero-order chi connectivity index (χ0) is 21.7. The van der Waals surface area contributed by atoms with E-state index in [-0.39, 0.29) is 19.1 Å². The topological polar surface area (TPSA) is 88.0 Å². The lowest BCUT2D eigenvalue weighted by Crippen LogP contribution is -2.39. The smallest absolute Gasteiger partial charge is 0.313 e. The second-order valence-corrected chi connectivity index (χ2v) is 7.45. The van der Waals surface area contributed by atoms with Crippen LogP contribution < -0.4 is 10.1 Å². The van der Waals surface area contributed by atoms with E-state index in [2.05, 4.69) is 10.3 Å². The van der Waals surface area contributed by atoms with Crippen LogP contribution in [-0.2, 0) is 9.59 Å². The molecule has 1 heterocycles. The third-order valence-electron chi connectivity index (χ3n) is 4.95. The van der Waals surface area contributed by atoms with Gasteiger partial charge in [-0.05, 0) is 43.7 Å². The van der Waals surface area contributed by atoms with Crippen LogP contribution in [0, 0.1) is 5.92 Å². The molecule has 2 unspecified atom stereocenters. The molecule has 1 aliphatic rings. The number of carbonyl (C=O) groups is 2. The normalized spacial score (nSPS) is 18.6. The number of nitrogens with one attached hydrogen (secondary N) is 1. The number of allylic oxidation sites excluding steroid dienone is 1. The lowest BCUT2D eigenvalue weighted by atomic mass is 9.75. The summed E-state index contributed by atoms with van der Waals surface area (Å²) in [5.74, 6) is -2.33. The van der Waals surface area contributed by atoms with Crippen molar-refractivity contribution in [3.63, 3.8) is 0 Å². The van der Waals surface area contributed by atoms with Crippen LogP contribution >= 0.6 is 11.6 Å². The lowest BCUT2D eigenvalue weighted by Gasteiger charge is -2.31. The number of ether oxygens (including phenoxy) is 1. The number of carboxylic acids is 1. The predicted molar refractivity (Wildman–Crippen MR) is 116 cm³/mol. The maximum atomic E-state index is 13.0. The van der Waals surface area contributed by atoms with Crippen molar-refractivity contribution in [1.29, 1.82) is 0 Å². The van der Waals surface area contributed by atoms with E-state index < -0.39 is 17.8 Å². The van der Waals surface area contributed by atoms with E-state index in [4.69, 9.17) is 16.3 Å². The number of rotatable bonds is 7. The highest BCUT2D eigenvalue weighted by Crippen LogP contribution is 2.39. The van der Waals surface area contributed by atoms with Crippen molar-refractivity contribution in [2.45, 2.75) is 19.8 Å². The Morgan fingerprint density at radius 3 is 2.53 bits per heavy atom. The Balaban J connectivity index is 1.82. The molecule has 0 bridgehead atoms. The summed E-state index contributed by atoms with van der Waals surface area (Å²) in [6, 6.07) is 16.2. The third-order valence-corrected chi connectivity index (χ3v) is 5.18. The van der Waals surface area contributed by atoms with E-state index in [1.165, 1.54) is 0 Å². The quantitative estimate of drug-likeness (QED) is 0.653. The second kappa shape index (κ2) is 9.59. The molecule has 156 valence electrons. The highest BCUT2D eigenvalue weighted by atomic mass is 35.5. The molecule has 0 aromatic heterocycles. The van der Waals surface area contributed by atoms with Crippen molar-refractivity contribution in [1.82, 2.24) is 5.32 Å². The Morgan fingerprint density at radius 1 is 1.13 bits per heavy atom. The van der Waals surface area contributed by atoms with Gasteiger partial charge in [-0.1, -0.05) is 41.9 Å². The summed E-state index contributed by atoms with van der Waals surface area (Å²) < 4.78 is 5.60. The van der Waals surface area contributed by atoms with Crippen LogP contribution in [0.3, 0.4) is 0 Å². The van der Waals surface area contributed by atoms with Crippen molar-refractivity contribution in [3.8, 4) is 5.75 Å². The van der Waals surface area contributed by atoms with E-state index >= 15 is 0 Å². The average Bonchev–Trinajstić information content (AvgIpc) is 2.71. The fourth-order valence-corrected chi connectivity index (χ4v) is 3.86. The number of hydrogen-bond donors (Lipinski definition) is 2. The number of hydrogen-bond acceptors (Lipinski definition) is 4. The van der Waals surface area contributed by atoms with Crippen LogP contribution in [0.4, 0.5) is 0 Å². The number of aliphatic carboxylic acids is 1. The SMILES string of the molecule is CC1=NC(C)=C(C(=O)NCCOc2ccccc2)C(c2cccc(Cl)c2)C1C(=O)O. The van der Waals surface area contributed by atoms with E-state index in [9.17, 15) is 14.7 Å². The van der Waals surface area contributed by atoms with E-state index in [1.807, 2.05) is 30.3 Å². The minimum Gasteiger partial charge on any atom is -0.492 e. The van der Waals surface area contributed by atoms with Crippen LogP contribution in [0.15, 0.2) is 70.9 Å². The minimum absolute atomic E-state index is 0.271. The average molecular weight is 427 g/mol. The van der Waals surface area contributed by atoms with Gasteiger partial charge in [0.1, 0.15) is 18.3 Å². The number of carbonyl (C=O) groups excluding carboxylic acids is 1. The highest BCUT2D eigenvalue weighted by molar-refractivity contribution is 6.30. The molecular formula is C23H23ClN2O4. The first-order valence-corrected chi connectivity index (χ1v) is 9.96. The van der Waals surface area contributed by atoms with Gasteiger partial charge in [-0.3, -0.25) is 14.6 Å². The molecule has 1 aliphatic heterocycles. The van der Waals surface area contributed by atoms with Gasteiger partial charge in [-0.15, -0.1) is 0 Å². The fourth-order valence-electron chi connectivity index (χ4n) is 3.66. The van der Waals surface area contributed by atoms with Crippen molar-refractivity contribution in [3.05, 3.63) is 76.5 Å². The van der Waals surface area contributed by atoms with Gasteiger partial charge in [-0.2, -0.15) is 0 Å². The monoisotopic (exact) mass is 426 g/mol. The van der Waals surface area contributed by atoms with Crippen molar-refractivity contribution < 1.29 is 19.4 Å². The summed E-state index contributed by atoms with van der Waals surface area (Å²) in [5.41, 5.74) is 1.94. The van der Waals surface area contributed by atoms with Gasteiger partial charge >= 0.3 is 5.97 Å². The van der Waals surface area contributed by atoms with E-state index in [1.54, 1.807) is 38.1 Å². The van der Waals surface area contributed by atoms with Gasteiger partial charge in [0.05, 0.1) is 6.54 Å². The molecule has 30 heavy (non-hydrogen) atoms. The molecule has 2 aromatic rings. The van der Waals surface area contributed by atoms with Crippen molar-refractivity contribution in [2.75, 3.05) is 13.2 Å². The molecule has 3 rings (SSSR count). The fraction of sp³-hybridized carbons (Fsp3) is 0.261. The maximum Gasteiger partial charge on any atom is 0.313 e. The highest BCUT2D eigenvalue weighted by Gasteiger charge is 2.40. The number of para-hydroxylation sites is 1. The Labute approximate surface area is 180 Å². The lowest BCUT2D eigenvalue weighted by molar-refractivity contribution is -0.139. The van der Waals surface area contributed by atoms with Crippen LogP contribution in [0.5, 0.6) is 5.75 Å². The molecule has 0 saturated carbocycles. The van der Waals surface area contributed by atoms with Gasteiger partial charge in [0, 0.05) is 27.9 Å². The Kier molecular flexibility index (Phi) is 6.90. The van der Waals surface area contributed by atoms with Crippen LogP contribution in [0.25, 0.3) is 0 Å². The van der Waals surface area contributed by atoms with Gasteiger partial charge in [0.25, 0.3) is 0 Å². The third kappa shape index (κ3) is 4.89. The number of benzene rings is 2. The summed E-state index contributed by atoms with van der Waals surface area (Å²) >= 11 is 6.14. The minimum atomic E-state index is -1.04. The standard InChI is InChI=1S/C23H23ClN2O4/c1-14-19(22(27)25-11-12-30-18-9-4-3-5-10-18)21(16-7-6-8-17(24)13-16)20(23(28)29)15(2)26-14/h3-10,13,20-21H,11-12H2,1-2H3,(H,25,27)(H,28,29). The number of carboxylic acid groups (broad SMARTS) is 1. The molecule has 0 radical (unpaired) electrons. The molecule has 1 amide bonds. The van der Waals surface area contributed by atoms with Crippen LogP contribution in [0.2, 0.25) is 5.02 Å². The molecular weight excluding hydrogens is 404 g/mol. The number of aliphatic imine (C=N–C) groups is 1. The molecule has 2 aromatic carbocycles. The summed E-state index contributed by atoms with van der Waals surface area (Å²) in [5, 5.41) is 13.1. The molecule has 0 fully saturated rings. The maximum absolute atomic E-state index is 13.0. The summed E-state index contributed by atoms with van der Waals surface area (Å²) in [6.45, 7) is 3.94. The molecule has 0 saturated heterocycles. The number of halogens is 1. The van der Waals surface area contributed by atoms with E-state index in [0.29, 0.717) is 33.3 Å². The summed E-state index contributed by atoms with van der Waals surface area (Å²) in [4.78, 5) is 29.4. The number of amides is 1. The predicted octanol–water partition coefficient (Wildman–Crippen LogP) is 4.07. The van der Waals surface area contributed by atoms with Gasteiger partial charge in [0.15, 0.2) is 0 Å². The molecule has 7 heteroatoms. The Hall–Kier alpha value is -3.12. The zero-order valence-corrected chi connectivity index (χ0v) is 17.5. The zero-order valence-electron chi connectivity index (χ0n) is 16.8. The first-order chi connectivity index (χ1) is 14.4. The summed E-state index contributed by atoms with van der Waals surface area (Å²) in [6.07, 6.45) is 0. The summed E-state index contributed by atoms with van der Waals surface area (Å²) in [7, 11) is 0. The van der Waals surface area contributed by atoms with Crippen LogP contribution in [0.1, 0.15) is 25.3 Å². The van der Waals surface area contributed by atoms with Gasteiger partial charge in [-0.25, -0.2) is 0 Å². The molecule has 0 spiro atoms. The molecule has 2 atom stereocenters. The van der Waals surface area contributed by atoms with Gasteiger partial charge in [0.2, 0.25) is 5.91 Å². The van der Waals surface area contributed by atoms with E-state index in [0.717, 1.165) is 0 Å². The Morgan fingerprint density at radius 2 is 1.87 bits per heavy atom. The van der Waals surface area contributed by atoms with Crippen molar-refractivity contribution >= 4 is 29.2 Å². The first kappa shape index (κ1) is 21.6. The molecule has 0 aliphatic carbocycles. The largest absolute Gasteiger partial charge is 0.492 e. The number of nitrogens with zero attached hydrogens (tertiary/aromatic N) is 1. The van der Waals surface area contributed by atoms with Gasteiger partial charge < -0.3 is 15.2 Å². The van der Waals surface area contributed by atoms with Crippen molar-refractivity contribution in [2.24, 2.45) is 10.9 Å².